The van der Waals surface area contributed by atoms with Crippen molar-refractivity contribution in [3.8, 4) is 0 Å². The van der Waals surface area contributed by atoms with Crippen LogP contribution in [0.4, 0.5) is 0 Å². The molecule has 0 amide bonds. The first-order valence-electron chi connectivity index (χ1n) is 2.39. The van der Waals surface area contributed by atoms with E-state index < -0.39 is 0 Å². The summed E-state index contributed by atoms with van der Waals surface area (Å²) in [6.45, 7) is 3.35. The van der Waals surface area contributed by atoms with Crippen LogP contribution < -0.4 is 0 Å². The van der Waals surface area contributed by atoms with E-state index in [-0.39, 0.29) is 0 Å². The van der Waals surface area contributed by atoms with Crippen molar-refractivity contribution in [2.24, 2.45) is 0 Å². The van der Waals surface area contributed by atoms with Gasteiger partial charge in [0.1, 0.15) is 0 Å². The van der Waals surface area contributed by atoms with Gasteiger partial charge in [0, 0.05) is 5.88 Å². The highest BCUT2D eigenvalue weighted by atomic mass is 35.5. The SMILES string of the molecule is C=COC=CCCCl. The lowest BCUT2D eigenvalue weighted by Crippen LogP contribution is -1.67. The first-order valence-corrected chi connectivity index (χ1v) is 2.92. The van der Waals surface area contributed by atoms with E-state index in [1.165, 1.54) is 6.26 Å². The van der Waals surface area contributed by atoms with Gasteiger partial charge in [-0.15, -0.1) is 11.6 Å². The van der Waals surface area contributed by atoms with Crippen molar-refractivity contribution in [2.45, 2.75) is 6.42 Å². The Morgan fingerprint density at radius 1 is 1.62 bits per heavy atom. The van der Waals surface area contributed by atoms with E-state index in [2.05, 4.69) is 11.3 Å². The lowest BCUT2D eigenvalue weighted by Gasteiger charge is -1.84. The van der Waals surface area contributed by atoms with Gasteiger partial charge in [0.05, 0.1) is 12.5 Å². The van der Waals surface area contributed by atoms with E-state index in [1.54, 1.807) is 6.26 Å². The molecule has 0 aliphatic rings. The van der Waals surface area contributed by atoms with Crippen LogP contribution in [-0.2, 0) is 4.74 Å². The van der Waals surface area contributed by atoms with Crippen LogP contribution in [0, 0.1) is 0 Å². The predicted molar refractivity (Wildman–Crippen MR) is 35.8 cm³/mol. The average Bonchev–Trinajstić information content (AvgIpc) is 1.81. The van der Waals surface area contributed by atoms with E-state index in [0.29, 0.717) is 5.88 Å². The van der Waals surface area contributed by atoms with Crippen molar-refractivity contribution in [3.05, 3.63) is 25.2 Å². The van der Waals surface area contributed by atoms with Gasteiger partial charge in [0.25, 0.3) is 0 Å². The normalized spacial score (nSPS) is 9.62. The minimum Gasteiger partial charge on any atom is -0.474 e. The Hall–Kier alpha value is -0.430. The number of hydrogen-bond donors (Lipinski definition) is 0. The minimum absolute atomic E-state index is 0.636. The number of rotatable bonds is 4. The highest BCUT2D eigenvalue weighted by molar-refractivity contribution is 6.17. The fourth-order valence-corrected chi connectivity index (χ4v) is 0.368. The van der Waals surface area contributed by atoms with Crippen LogP contribution >= 0.6 is 11.6 Å². The predicted octanol–water partition coefficient (Wildman–Crippen LogP) is 2.29. The molecule has 0 saturated heterocycles. The third kappa shape index (κ3) is 5.57. The number of alkyl halides is 1. The zero-order chi connectivity index (χ0) is 6.24. The standard InChI is InChI=1S/C6H9ClO/c1-2-8-6-4-3-5-7/h2,4,6H,1,3,5H2. The van der Waals surface area contributed by atoms with Crippen LogP contribution in [0.25, 0.3) is 0 Å². The molecule has 0 aliphatic carbocycles. The zero-order valence-electron chi connectivity index (χ0n) is 4.64. The summed E-state index contributed by atoms with van der Waals surface area (Å²) >= 11 is 5.35. The highest BCUT2D eigenvalue weighted by Gasteiger charge is 1.70. The molecular weight excluding hydrogens is 124 g/mol. The van der Waals surface area contributed by atoms with Crippen LogP contribution in [-0.4, -0.2) is 5.88 Å². The molecule has 0 aromatic rings. The molecule has 0 heterocycles. The summed E-state index contributed by atoms with van der Waals surface area (Å²) in [7, 11) is 0. The van der Waals surface area contributed by atoms with E-state index >= 15 is 0 Å². The third-order valence-corrected chi connectivity index (χ3v) is 0.765. The van der Waals surface area contributed by atoms with Gasteiger partial charge < -0.3 is 4.74 Å². The van der Waals surface area contributed by atoms with Crippen molar-refractivity contribution in [2.75, 3.05) is 5.88 Å². The maximum atomic E-state index is 5.35. The van der Waals surface area contributed by atoms with Gasteiger partial charge in [0.2, 0.25) is 0 Å². The first kappa shape index (κ1) is 7.57. The van der Waals surface area contributed by atoms with Gasteiger partial charge >= 0.3 is 0 Å². The van der Waals surface area contributed by atoms with Gasteiger partial charge in [-0.3, -0.25) is 0 Å². The van der Waals surface area contributed by atoms with Gasteiger partial charge in [-0.05, 0) is 12.5 Å². The molecule has 1 nitrogen and oxygen atoms in total. The molecule has 0 aliphatic heterocycles. The summed E-state index contributed by atoms with van der Waals surface area (Å²) in [5.41, 5.74) is 0. The van der Waals surface area contributed by atoms with Gasteiger partial charge in [-0.25, -0.2) is 0 Å². The Balaban J connectivity index is 2.94. The molecule has 0 rings (SSSR count). The second-order valence-electron chi connectivity index (χ2n) is 1.15. The fourth-order valence-electron chi connectivity index (χ4n) is 0.242. The summed E-state index contributed by atoms with van der Waals surface area (Å²) in [4.78, 5) is 0. The van der Waals surface area contributed by atoms with Crippen molar-refractivity contribution < 1.29 is 4.74 Å². The molecule has 0 bridgehead atoms. The van der Waals surface area contributed by atoms with Crippen LogP contribution in [0.5, 0.6) is 0 Å². The Morgan fingerprint density at radius 2 is 2.38 bits per heavy atom. The summed E-state index contributed by atoms with van der Waals surface area (Å²) < 4.78 is 4.66. The molecule has 0 saturated carbocycles. The summed E-state index contributed by atoms with van der Waals surface area (Å²) in [6.07, 6.45) is 5.62. The van der Waals surface area contributed by atoms with Crippen LogP contribution in [0.2, 0.25) is 0 Å². The van der Waals surface area contributed by atoms with Crippen LogP contribution in [0.3, 0.4) is 0 Å². The minimum atomic E-state index is 0.636. The second-order valence-corrected chi connectivity index (χ2v) is 1.53. The monoisotopic (exact) mass is 132 g/mol. The first-order chi connectivity index (χ1) is 3.91. The van der Waals surface area contributed by atoms with Gasteiger partial charge in [-0.1, -0.05) is 6.58 Å². The van der Waals surface area contributed by atoms with Gasteiger partial charge in [0.15, 0.2) is 0 Å². The van der Waals surface area contributed by atoms with E-state index in [1.807, 2.05) is 6.08 Å². The lowest BCUT2D eigenvalue weighted by atomic mass is 10.5. The molecule has 0 unspecified atom stereocenters. The molecule has 8 heavy (non-hydrogen) atoms. The summed E-state index contributed by atoms with van der Waals surface area (Å²) in [5, 5.41) is 0. The average molecular weight is 133 g/mol. The number of ether oxygens (including phenoxy) is 1. The van der Waals surface area contributed by atoms with E-state index in [9.17, 15) is 0 Å². The number of halogens is 1. The van der Waals surface area contributed by atoms with Crippen LogP contribution in [0.1, 0.15) is 6.42 Å². The zero-order valence-corrected chi connectivity index (χ0v) is 5.40. The van der Waals surface area contributed by atoms with E-state index in [4.69, 9.17) is 11.6 Å². The Labute approximate surface area is 54.6 Å². The molecule has 2 heteroatoms. The Kier molecular flexibility index (Phi) is 6.22. The number of hydrogen-bond acceptors (Lipinski definition) is 1. The molecule has 0 atom stereocenters. The highest BCUT2D eigenvalue weighted by Crippen LogP contribution is 1.86. The smallest absolute Gasteiger partial charge is 0.0861 e. The van der Waals surface area contributed by atoms with E-state index in [0.717, 1.165) is 6.42 Å². The third-order valence-electron chi connectivity index (χ3n) is 0.547. The Bertz CT molecular complexity index is 78.6. The number of allylic oxidation sites excluding steroid dienone is 1. The molecule has 0 radical (unpaired) electrons. The van der Waals surface area contributed by atoms with Gasteiger partial charge in [-0.2, -0.15) is 0 Å². The maximum Gasteiger partial charge on any atom is 0.0861 e. The molecule has 0 aromatic carbocycles. The molecule has 46 valence electrons. The molecular formula is C6H9ClO. The van der Waals surface area contributed by atoms with Crippen molar-refractivity contribution in [3.63, 3.8) is 0 Å². The largest absolute Gasteiger partial charge is 0.474 e. The summed E-state index contributed by atoms with van der Waals surface area (Å²) in [6, 6.07) is 0. The van der Waals surface area contributed by atoms with Crippen LogP contribution in [0.15, 0.2) is 25.2 Å². The summed E-state index contributed by atoms with van der Waals surface area (Å²) in [5.74, 6) is 0.636. The molecule has 0 N–H and O–H groups in total. The molecule has 0 aromatic heterocycles. The van der Waals surface area contributed by atoms with Crippen molar-refractivity contribution in [1.82, 2.24) is 0 Å². The quantitative estimate of drug-likeness (QED) is 0.421. The fraction of sp³-hybridized carbons (Fsp3) is 0.333. The molecule has 0 spiro atoms. The van der Waals surface area contributed by atoms with Crippen molar-refractivity contribution in [1.29, 1.82) is 0 Å². The maximum absolute atomic E-state index is 5.35. The topological polar surface area (TPSA) is 9.23 Å². The second kappa shape index (κ2) is 6.57. The lowest BCUT2D eigenvalue weighted by molar-refractivity contribution is 0.403. The molecule has 0 fully saturated rings. The van der Waals surface area contributed by atoms with Crippen molar-refractivity contribution >= 4 is 11.6 Å². The Morgan fingerprint density at radius 3 is 2.88 bits per heavy atom.